The Morgan fingerprint density at radius 2 is 2.26 bits per heavy atom. The molecule has 3 N–H and O–H groups in total. The molecule has 0 radical (unpaired) electrons. The number of nitrogens with two attached hydrogens (primary N) is 1. The smallest absolute Gasteiger partial charge is 0.152 e. The molecule has 6 heteroatoms. The van der Waals surface area contributed by atoms with E-state index in [9.17, 15) is 0 Å². The van der Waals surface area contributed by atoms with Crippen LogP contribution in [0.15, 0.2) is 22.7 Å². The van der Waals surface area contributed by atoms with Crippen molar-refractivity contribution in [3.05, 3.63) is 33.9 Å². The van der Waals surface area contributed by atoms with E-state index in [2.05, 4.69) is 32.4 Å². The average molecular weight is 320 g/mol. The van der Waals surface area contributed by atoms with Crippen molar-refractivity contribution in [2.75, 3.05) is 11.1 Å². The summed E-state index contributed by atoms with van der Waals surface area (Å²) in [7, 11) is 0. The molecule has 1 aromatic carbocycles. The Hall–Kier alpha value is -2.00. The number of hydrogen-bond acceptors (Lipinski definition) is 4. The van der Waals surface area contributed by atoms with Crippen LogP contribution in [0.25, 0.3) is 0 Å². The highest BCUT2D eigenvalue weighted by atomic mass is 79.9. The summed E-state index contributed by atoms with van der Waals surface area (Å²) in [4.78, 5) is 0. The summed E-state index contributed by atoms with van der Waals surface area (Å²) in [6.45, 7) is 4.55. The molecular formula is C13H14BrN5. The fourth-order valence-electron chi connectivity index (χ4n) is 1.80. The van der Waals surface area contributed by atoms with Crippen molar-refractivity contribution in [3.63, 3.8) is 0 Å². The van der Waals surface area contributed by atoms with Crippen LogP contribution in [-0.2, 0) is 6.54 Å². The van der Waals surface area contributed by atoms with Crippen LogP contribution in [0.5, 0.6) is 0 Å². The number of hydrogen-bond donors (Lipinski definition) is 2. The Morgan fingerprint density at radius 3 is 2.89 bits per heavy atom. The number of rotatable bonds is 3. The average Bonchev–Trinajstić information content (AvgIpc) is 2.67. The van der Waals surface area contributed by atoms with Gasteiger partial charge in [-0.15, -0.1) is 0 Å². The molecule has 5 nitrogen and oxygen atoms in total. The second-order valence-electron chi connectivity index (χ2n) is 4.09. The Labute approximate surface area is 120 Å². The van der Waals surface area contributed by atoms with Crippen LogP contribution in [-0.4, -0.2) is 9.78 Å². The van der Waals surface area contributed by atoms with Gasteiger partial charge < -0.3 is 11.1 Å². The van der Waals surface area contributed by atoms with Gasteiger partial charge in [0.25, 0.3) is 0 Å². The number of benzene rings is 1. The maximum atomic E-state index is 9.13. The lowest BCUT2D eigenvalue weighted by molar-refractivity contribution is 0.661. The Morgan fingerprint density at radius 1 is 1.53 bits per heavy atom. The summed E-state index contributed by atoms with van der Waals surface area (Å²) in [5, 5.41) is 16.7. The molecule has 0 spiro atoms. The summed E-state index contributed by atoms with van der Waals surface area (Å²) in [5.74, 6) is 0.717. The van der Waals surface area contributed by atoms with E-state index in [1.807, 2.05) is 26.0 Å². The minimum Gasteiger partial charge on any atom is -0.394 e. The van der Waals surface area contributed by atoms with Crippen LogP contribution in [0.1, 0.15) is 18.2 Å². The molecule has 0 amide bonds. The van der Waals surface area contributed by atoms with Gasteiger partial charge in [-0.3, -0.25) is 0 Å². The van der Waals surface area contributed by atoms with Crippen LogP contribution >= 0.6 is 15.9 Å². The lowest BCUT2D eigenvalue weighted by atomic mass is 10.2. The summed E-state index contributed by atoms with van der Waals surface area (Å²) < 4.78 is 2.68. The summed E-state index contributed by atoms with van der Waals surface area (Å²) in [6, 6.07) is 7.58. The lowest BCUT2D eigenvalue weighted by Gasteiger charge is -2.11. The van der Waals surface area contributed by atoms with Gasteiger partial charge in [0.15, 0.2) is 5.82 Å². The SMILES string of the molecule is CCn1nc(C)c(N)c1Nc1cc(Br)ccc1C#N. The number of nitriles is 1. The van der Waals surface area contributed by atoms with Crippen LogP contribution in [0.2, 0.25) is 0 Å². The number of nitrogens with zero attached hydrogens (tertiary/aromatic N) is 3. The summed E-state index contributed by atoms with van der Waals surface area (Å²) >= 11 is 3.40. The Balaban J connectivity index is 2.47. The molecule has 0 fully saturated rings. The minimum absolute atomic E-state index is 0.559. The number of nitrogens with one attached hydrogen (secondary N) is 1. The molecule has 0 aliphatic rings. The van der Waals surface area contributed by atoms with E-state index in [4.69, 9.17) is 11.0 Å². The number of anilines is 3. The molecule has 19 heavy (non-hydrogen) atoms. The number of nitrogen functional groups attached to an aromatic ring is 1. The van der Waals surface area contributed by atoms with Gasteiger partial charge in [0.05, 0.1) is 22.6 Å². The third kappa shape index (κ3) is 2.56. The second kappa shape index (κ2) is 5.33. The van der Waals surface area contributed by atoms with E-state index in [0.29, 0.717) is 23.5 Å². The first kappa shape index (κ1) is 13.4. The molecule has 2 aromatic rings. The molecule has 0 unspecified atom stereocenters. The van der Waals surface area contributed by atoms with Crippen LogP contribution < -0.4 is 11.1 Å². The zero-order valence-corrected chi connectivity index (χ0v) is 12.3. The third-order valence-corrected chi connectivity index (χ3v) is 3.32. The van der Waals surface area contributed by atoms with Crippen molar-refractivity contribution in [3.8, 4) is 6.07 Å². The van der Waals surface area contributed by atoms with Crippen molar-refractivity contribution < 1.29 is 0 Å². The Bertz CT molecular complexity index is 654. The molecule has 98 valence electrons. The highest BCUT2D eigenvalue weighted by molar-refractivity contribution is 9.10. The summed E-state index contributed by atoms with van der Waals surface area (Å²) in [6.07, 6.45) is 0. The van der Waals surface area contributed by atoms with Crippen LogP contribution in [0.3, 0.4) is 0 Å². The molecule has 0 bridgehead atoms. The quantitative estimate of drug-likeness (QED) is 0.910. The Kier molecular flexibility index (Phi) is 3.76. The standard InChI is InChI=1S/C13H14BrN5/c1-3-19-13(12(16)8(2)18-19)17-11-6-10(14)5-4-9(11)7-15/h4-6,17H,3,16H2,1-2H3. The van der Waals surface area contributed by atoms with Crippen molar-refractivity contribution in [2.24, 2.45) is 0 Å². The first-order chi connectivity index (χ1) is 9.06. The van der Waals surface area contributed by atoms with Crippen molar-refractivity contribution in [1.82, 2.24) is 9.78 Å². The molecular weight excluding hydrogens is 306 g/mol. The van der Waals surface area contributed by atoms with Gasteiger partial charge in [0.1, 0.15) is 6.07 Å². The maximum absolute atomic E-state index is 9.13. The van der Waals surface area contributed by atoms with E-state index >= 15 is 0 Å². The van der Waals surface area contributed by atoms with Crippen molar-refractivity contribution >= 4 is 33.1 Å². The third-order valence-electron chi connectivity index (χ3n) is 2.83. The zero-order valence-electron chi connectivity index (χ0n) is 10.7. The van der Waals surface area contributed by atoms with Gasteiger partial charge in [0.2, 0.25) is 0 Å². The molecule has 2 rings (SSSR count). The first-order valence-corrected chi connectivity index (χ1v) is 6.65. The predicted octanol–water partition coefficient (Wildman–Crippen LogP) is 3.17. The van der Waals surface area contributed by atoms with E-state index in [1.54, 1.807) is 10.7 Å². The topological polar surface area (TPSA) is 79.7 Å². The maximum Gasteiger partial charge on any atom is 0.152 e. The molecule has 0 saturated carbocycles. The van der Waals surface area contributed by atoms with Gasteiger partial charge in [-0.05, 0) is 32.0 Å². The predicted molar refractivity (Wildman–Crippen MR) is 79.2 cm³/mol. The molecule has 0 saturated heterocycles. The van der Waals surface area contributed by atoms with Gasteiger partial charge >= 0.3 is 0 Å². The fourth-order valence-corrected chi connectivity index (χ4v) is 2.16. The van der Waals surface area contributed by atoms with Crippen molar-refractivity contribution in [1.29, 1.82) is 5.26 Å². The minimum atomic E-state index is 0.559. The lowest BCUT2D eigenvalue weighted by Crippen LogP contribution is -2.05. The fraction of sp³-hybridized carbons (Fsp3) is 0.231. The largest absolute Gasteiger partial charge is 0.394 e. The van der Waals surface area contributed by atoms with Gasteiger partial charge in [-0.25, -0.2) is 4.68 Å². The second-order valence-corrected chi connectivity index (χ2v) is 5.01. The molecule has 0 aliphatic carbocycles. The number of halogens is 1. The van der Waals surface area contributed by atoms with E-state index in [1.165, 1.54) is 0 Å². The monoisotopic (exact) mass is 319 g/mol. The van der Waals surface area contributed by atoms with Gasteiger partial charge in [-0.2, -0.15) is 10.4 Å². The molecule has 0 atom stereocenters. The van der Waals surface area contributed by atoms with Gasteiger partial charge in [0, 0.05) is 11.0 Å². The zero-order chi connectivity index (χ0) is 14.0. The normalized spacial score (nSPS) is 10.2. The summed E-state index contributed by atoms with van der Waals surface area (Å²) in [5.41, 5.74) is 8.66. The number of aromatic nitrogens is 2. The first-order valence-electron chi connectivity index (χ1n) is 5.86. The van der Waals surface area contributed by atoms with E-state index in [0.717, 1.165) is 16.0 Å². The highest BCUT2D eigenvalue weighted by Gasteiger charge is 2.13. The highest BCUT2D eigenvalue weighted by Crippen LogP contribution is 2.29. The van der Waals surface area contributed by atoms with Crippen LogP contribution in [0.4, 0.5) is 17.2 Å². The molecule has 0 aliphatic heterocycles. The van der Waals surface area contributed by atoms with Crippen LogP contribution in [0, 0.1) is 18.3 Å². The number of aryl methyl sites for hydroxylation is 2. The van der Waals surface area contributed by atoms with E-state index < -0.39 is 0 Å². The van der Waals surface area contributed by atoms with Crippen molar-refractivity contribution in [2.45, 2.75) is 20.4 Å². The van der Waals surface area contributed by atoms with Gasteiger partial charge in [-0.1, -0.05) is 15.9 Å². The molecule has 1 heterocycles. The molecule has 1 aromatic heterocycles. The van der Waals surface area contributed by atoms with E-state index in [-0.39, 0.29) is 0 Å².